The molecule has 0 fully saturated rings. The van der Waals surface area contributed by atoms with Crippen LogP contribution in [0.5, 0.6) is 0 Å². The zero-order chi connectivity index (χ0) is 26.5. The Morgan fingerprint density at radius 2 is 1.63 bits per heavy atom. The van der Waals surface area contributed by atoms with Crippen molar-refractivity contribution in [1.29, 1.82) is 0 Å². The largest absolute Gasteiger partial charge is 0.411 e. The van der Waals surface area contributed by atoms with Crippen molar-refractivity contribution < 1.29 is 14.0 Å². The Balaban J connectivity index is 1.36. The van der Waals surface area contributed by atoms with Crippen molar-refractivity contribution in [1.82, 2.24) is 14.8 Å². The van der Waals surface area contributed by atoms with Crippen LogP contribution in [0.2, 0.25) is 0 Å². The van der Waals surface area contributed by atoms with Gasteiger partial charge in [0.05, 0.1) is 5.75 Å². The summed E-state index contributed by atoms with van der Waals surface area (Å²) in [4.78, 5) is 26.5. The zero-order valence-electron chi connectivity index (χ0n) is 20.1. The third kappa shape index (κ3) is 5.91. The molecule has 2 N–H and O–H groups in total. The molecule has 0 unspecified atom stereocenters. The molecule has 0 atom stereocenters. The van der Waals surface area contributed by atoms with E-state index in [0.29, 0.717) is 26.2 Å². The van der Waals surface area contributed by atoms with E-state index in [4.69, 9.17) is 16.6 Å². The van der Waals surface area contributed by atoms with Crippen LogP contribution in [-0.4, -0.2) is 32.3 Å². The summed E-state index contributed by atoms with van der Waals surface area (Å²) in [5.74, 6) is -0.0487. The minimum Gasteiger partial charge on any atom is -0.411 e. The molecular weight excluding hydrogens is 539 g/mol. The number of amides is 2. The lowest BCUT2D eigenvalue weighted by Gasteiger charge is -2.12. The summed E-state index contributed by atoms with van der Waals surface area (Å²) in [6.07, 6.45) is 0. The number of hydrogen-bond donors (Lipinski definition) is 2. The average Bonchev–Trinajstić information content (AvgIpc) is 3.53. The fraction of sp³-hybridized carbons (Fsp3) is 0.0741. The molecule has 2 heterocycles. The van der Waals surface area contributed by atoms with Gasteiger partial charge in [-0.15, -0.1) is 10.2 Å². The molecule has 3 aromatic carbocycles. The number of nitrogens with zero attached hydrogens (tertiary/aromatic N) is 3. The summed E-state index contributed by atoms with van der Waals surface area (Å²) in [5.41, 5.74) is 3.29. The molecule has 38 heavy (non-hydrogen) atoms. The number of rotatable bonds is 8. The number of carbonyl (C=O) groups excluding carboxylic acids is 2. The Labute approximate surface area is 231 Å². The van der Waals surface area contributed by atoms with Gasteiger partial charge < -0.3 is 15.1 Å². The third-order valence-electron chi connectivity index (χ3n) is 5.35. The number of aryl methyl sites for hydroxylation is 1. The Morgan fingerprint density at radius 1 is 0.947 bits per heavy atom. The van der Waals surface area contributed by atoms with Crippen molar-refractivity contribution in [3.63, 3.8) is 0 Å². The molecule has 0 spiro atoms. The number of nitrogens with one attached hydrogen (secondary N) is 2. The summed E-state index contributed by atoms with van der Waals surface area (Å²) in [5, 5.41) is 14.1. The first-order chi connectivity index (χ1) is 18.5. The number of anilines is 2. The first kappa shape index (κ1) is 25.6. The van der Waals surface area contributed by atoms with E-state index in [1.807, 2.05) is 79.7 Å². The Kier molecular flexibility index (Phi) is 7.78. The quantitative estimate of drug-likeness (QED) is 0.163. The first-order valence-electron chi connectivity index (χ1n) is 11.5. The van der Waals surface area contributed by atoms with Gasteiger partial charge in [-0.05, 0) is 55.5 Å². The van der Waals surface area contributed by atoms with Gasteiger partial charge in [0.25, 0.3) is 11.1 Å². The highest BCUT2D eigenvalue weighted by Gasteiger charge is 2.23. The maximum absolute atomic E-state index is 13.2. The molecule has 0 aliphatic rings. The number of para-hydroxylation sites is 2. The monoisotopic (exact) mass is 559 g/mol. The molecule has 0 saturated heterocycles. The Morgan fingerprint density at radius 3 is 2.34 bits per heavy atom. The summed E-state index contributed by atoms with van der Waals surface area (Å²) < 4.78 is 7.83. The first-order valence-corrected chi connectivity index (χ1v) is 13.7. The number of thiazole rings is 1. The second-order valence-corrected chi connectivity index (χ2v) is 10.7. The predicted molar refractivity (Wildman–Crippen MR) is 153 cm³/mol. The third-order valence-corrected chi connectivity index (χ3v) is 7.54. The van der Waals surface area contributed by atoms with E-state index in [0.717, 1.165) is 39.9 Å². The summed E-state index contributed by atoms with van der Waals surface area (Å²) in [6, 6.07) is 26.1. The average molecular weight is 560 g/mol. The molecule has 0 aliphatic carbocycles. The van der Waals surface area contributed by atoms with Gasteiger partial charge in [0.2, 0.25) is 11.8 Å². The molecule has 5 aromatic rings. The van der Waals surface area contributed by atoms with Crippen molar-refractivity contribution >= 4 is 58.6 Å². The van der Waals surface area contributed by atoms with E-state index in [2.05, 4.69) is 20.8 Å². The highest BCUT2D eigenvalue weighted by Crippen LogP contribution is 2.30. The normalized spacial score (nSPS) is 10.8. The molecule has 190 valence electrons. The molecule has 0 saturated carbocycles. The van der Waals surface area contributed by atoms with E-state index in [9.17, 15) is 9.59 Å². The van der Waals surface area contributed by atoms with Crippen LogP contribution in [0, 0.1) is 10.9 Å². The number of hydrogen-bond acceptors (Lipinski definition) is 8. The molecule has 2 aromatic heterocycles. The van der Waals surface area contributed by atoms with Gasteiger partial charge in [0.1, 0.15) is 10.7 Å². The van der Waals surface area contributed by atoms with E-state index in [1.165, 1.54) is 0 Å². The van der Waals surface area contributed by atoms with E-state index >= 15 is 0 Å². The van der Waals surface area contributed by atoms with Crippen LogP contribution in [0.3, 0.4) is 0 Å². The van der Waals surface area contributed by atoms with Crippen LogP contribution in [0.1, 0.15) is 15.2 Å². The zero-order valence-corrected chi connectivity index (χ0v) is 22.5. The standard InChI is InChI=1S/C27H21N5O3S3/c1-17-12-14-18(15-13-17)25-30-31-26(35-25)37-16-21(33)29-23-22(24(34)28-19-8-4-2-5-9-19)38-27(36)32(23)20-10-6-3-7-11-20/h2-15H,16H2,1H3,(H,28,34)(H,29,33). The fourth-order valence-corrected chi connectivity index (χ4v) is 5.39. The molecule has 0 aliphatic heterocycles. The molecule has 8 nitrogen and oxygen atoms in total. The molecule has 0 bridgehead atoms. The number of thioether (sulfide) groups is 1. The minimum absolute atomic E-state index is 0.00727. The van der Waals surface area contributed by atoms with Crippen molar-refractivity contribution in [2.45, 2.75) is 12.1 Å². The smallest absolute Gasteiger partial charge is 0.277 e. The lowest BCUT2D eigenvalue weighted by atomic mass is 10.1. The highest BCUT2D eigenvalue weighted by atomic mass is 32.2. The van der Waals surface area contributed by atoms with Crippen LogP contribution < -0.4 is 10.6 Å². The van der Waals surface area contributed by atoms with Crippen molar-refractivity contribution in [2.75, 3.05) is 16.4 Å². The Bertz CT molecular complexity index is 1630. The minimum atomic E-state index is -0.371. The van der Waals surface area contributed by atoms with E-state index in [1.54, 1.807) is 16.7 Å². The molecule has 11 heteroatoms. The lowest BCUT2D eigenvalue weighted by molar-refractivity contribution is -0.113. The van der Waals surface area contributed by atoms with Crippen LogP contribution >= 0.6 is 35.3 Å². The fourth-order valence-electron chi connectivity index (χ4n) is 3.54. The molecule has 2 amide bonds. The number of aromatic nitrogens is 3. The van der Waals surface area contributed by atoms with Gasteiger partial charge >= 0.3 is 0 Å². The van der Waals surface area contributed by atoms with Crippen LogP contribution in [0.25, 0.3) is 17.1 Å². The van der Waals surface area contributed by atoms with E-state index < -0.39 is 0 Å². The number of benzene rings is 3. The topological polar surface area (TPSA) is 102 Å². The van der Waals surface area contributed by atoms with Gasteiger partial charge in [0.15, 0.2) is 3.95 Å². The van der Waals surface area contributed by atoms with Gasteiger partial charge in [-0.1, -0.05) is 77.2 Å². The summed E-state index contributed by atoms with van der Waals surface area (Å²) >= 11 is 7.82. The molecular formula is C27H21N5O3S3. The van der Waals surface area contributed by atoms with Crippen molar-refractivity contribution in [3.8, 4) is 17.1 Å². The second-order valence-electron chi connectivity index (χ2n) is 8.11. The van der Waals surface area contributed by atoms with Gasteiger partial charge in [-0.3, -0.25) is 14.2 Å². The van der Waals surface area contributed by atoms with Crippen LogP contribution in [0.15, 0.2) is 94.6 Å². The SMILES string of the molecule is Cc1ccc(-c2nnc(SCC(=O)Nc3c(C(=O)Nc4ccccc4)sc(=S)n3-c3ccccc3)o2)cc1. The van der Waals surface area contributed by atoms with Gasteiger partial charge in [0, 0.05) is 16.9 Å². The van der Waals surface area contributed by atoms with Crippen LogP contribution in [0.4, 0.5) is 11.5 Å². The predicted octanol–water partition coefficient (Wildman–Crippen LogP) is 6.61. The van der Waals surface area contributed by atoms with Crippen molar-refractivity contribution in [2.24, 2.45) is 0 Å². The van der Waals surface area contributed by atoms with E-state index in [-0.39, 0.29) is 22.8 Å². The second kappa shape index (κ2) is 11.5. The maximum atomic E-state index is 13.2. The molecule has 5 rings (SSSR count). The maximum Gasteiger partial charge on any atom is 0.277 e. The highest BCUT2D eigenvalue weighted by molar-refractivity contribution is 7.99. The number of carbonyl (C=O) groups is 2. The summed E-state index contributed by atoms with van der Waals surface area (Å²) in [7, 11) is 0. The van der Waals surface area contributed by atoms with Crippen LogP contribution in [-0.2, 0) is 4.79 Å². The van der Waals surface area contributed by atoms with Gasteiger partial charge in [-0.2, -0.15) is 0 Å². The van der Waals surface area contributed by atoms with Crippen molar-refractivity contribution in [3.05, 3.63) is 99.3 Å². The van der Waals surface area contributed by atoms with Gasteiger partial charge in [-0.25, -0.2) is 0 Å². The lowest BCUT2D eigenvalue weighted by Crippen LogP contribution is -2.20. The molecule has 0 radical (unpaired) electrons. The Hall–Kier alpha value is -4.06. The summed E-state index contributed by atoms with van der Waals surface area (Å²) in [6.45, 7) is 2.00.